The lowest BCUT2D eigenvalue weighted by molar-refractivity contribution is 0.464. The molecule has 108 valence electrons. The number of H-pyrrole nitrogens is 1. The predicted octanol–water partition coefficient (Wildman–Crippen LogP) is 1.30. The first kappa shape index (κ1) is 13.5. The second kappa shape index (κ2) is 5.16. The van der Waals surface area contributed by atoms with Crippen LogP contribution in [0.1, 0.15) is 24.2 Å². The summed E-state index contributed by atoms with van der Waals surface area (Å²) < 4.78 is 28.3. The quantitative estimate of drug-likeness (QED) is 0.892. The Morgan fingerprint density at radius 3 is 2.85 bits per heavy atom. The van der Waals surface area contributed by atoms with Gasteiger partial charge in [-0.1, -0.05) is 6.07 Å². The third-order valence-corrected chi connectivity index (χ3v) is 5.08. The predicted molar refractivity (Wildman–Crippen MR) is 77.4 cm³/mol. The van der Waals surface area contributed by atoms with Crippen molar-refractivity contribution >= 4 is 21.2 Å². The van der Waals surface area contributed by atoms with Gasteiger partial charge in [0.15, 0.2) is 0 Å². The molecule has 0 atom stereocenters. The van der Waals surface area contributed by atoms with Crippen molar-refractivity contribution in [1.29, 1.82) is 0 Å². The number of hydrogen-bond acceptors (Lipinski definition) is 3. The van der Waals surface area contributed by atoms with Gasteiger partial charge < -0.3 is 4.98 Å². The molecule has 0 spiro atoms. The van der Waals surface area contributed by atoms with E-state index in [0.717, 1.165) is 35.3 Å². The van der Waals surface area contributed by atoms with Crippen LogP contribution in [-0.4, -0.2) is 35.8 Å². The van der Waals surface area contributed by atoms with Gasteiger partial charge in [0.05, 0.1) is 11.0 Å². The van der Waals surface area contributed by atoms with E-state index < -0.39 is 10.2 Å². The van der Waals surface area contributed by atoms with Crippen molar-refractivity contribution in [3.8, 4) is 0 Å². The number of rotatable bonds is 4. The van der Waals surface area contributed by atoms with Gasteiger partial charge in [-0.3, -0.25) is 0 Å². The van der Waals surface area contributed by atoms with Crippen LogP contribution in [-0.2, 0) is 16.8 Å². The Bertz CT molecular complexity index is 717. The zero-order chi connectivity index (χ0) is 14.2. The van der Waals surface area contributed by atoms with Gasteiger partial charge in [-0.15, -0.1) is 0 Å². The Labute approximate surface area is 118 Å². The second-order valence-corrected chi connectivity index (χ2v) is 6.86. The van der Waals surface area contributed by atoms with Crippen LogP contribution in [0.4, 0.5) is 0 Å². The molecule has 0 unspecified atom stereocenters. The Balaban J connectivity index is 1.73. The lowest BCUT2D eigenvalue weighted by Gasteiger charge is -2.16. The van der Waals surface area contributed by atoms with Gasteiger partial charge >= 0.3 is 0 Å². The van der Waals surface area contributed by atoms with Crippen LogP contribution in [0.15, 0.2) is 18.2 Å². The van der Waals surface area contributed by atoms with Crippen molar-refractivity contribution in [2.45, 2.75) is 26.3 Å². The van der Waals surface area contributed by atoms with Crippen molar-refractivity contribution in [2.75, 3.05) is 13.1 Å². The van der Waals surface area contributed by atoms with E-state index in [2.05, 4.69) is 14.7 Å². The summed E-state index contributed by atoms with van der Waals surface area (Å²) in [5, 5.41) is 0. The van der Waals surface area contributed by atoms with Crippen LogP contribution in [0.2, 0.25) is 0 Å². The fraction of sp³-hybridized carbons (Fsp3) is 0.462. The van der Waals surface area contributed by atoms with Crippen molar-refractivity contribution in [3.63, 3.8) is 0 Å². The molecular formula is C13H18N4O2S. The molecule has 7 heteroatoms. The molecule has 1 aromatic heterocycles. The van der Waals surface area contributed by atoms with E-state index >= 15 is 0 Å². The summed E-state index contributed by atoms with van der Waals surface area (Å²) in [6.45, 7) is 3.44. The molecule has 0 aliphatic carbocycles. The molecule has 1 aromatic carbocycles. The minimum absolute atomic E-state index is 0.298. The number of aryl methyl sites for hydroxylation is 1. The highest BCUT2D eigenvalue weighted by Crippen LogP contribution is 2.15. The summed E-state index contributed by atoms with van der Waals surface area (Å²) in [6, 6.07) is 5.73. The van der Waals surface area contributed by atoms with Crippen LogP contribution in [0, 0.1) is 6.92 Å². The topological polar surface area (TPSA) is 78.1 Å². The average Bonchev–Trinajstić information content (AvgIpc) is 3.04. The standard InChI is InChI=1S/C13H18N4O2S/c1-10-15-12-5-4-11(8-13(12)16-10)9-14-20(18,19)17-6-2-3-7-17/h4-5,8,14H,2-3,6-7,9H2,1H3,(H,15,16). The SMILES string of the molecule is Cc1nc2ccc(CNS(=O)(=O)N3CCCC3)cc2[nH]1. The zero-order valence-corrected chi connectivity index (χ0v) is 12.2. The number of imidazole rings is 1. The number of nitrogens with zero attached hydrogens (tertiary/aromatic N) is 2. The Hall–Kier alpha value is -1.44. The third kappa shape index (κ3) is 2.70. The first-order valence-corrected chi connectivity index (χ1v) is 8.18. The largest absolute Gasteiger partial charge is 0.342 e. The van der Waals surface area contributed by atoms with E-state index in [1.54, 1.807) is 0 Å². The minimum atomic E-state index is -3.35. The molecule has 0 radical (unpaired) electrons. The van der Waals surface area contributed by atoms with Gasteiger partial charge in [-0.2, -0.15) is 17.4 Å². The maximum Gasteiger partial charge on any atom is 0.279 e. The van der Waals surface area contributed by atoms with E-state index in [1.165, 1.54) is 4.31 Å². The fourth-order valence-electron chi connectivity index (χ4n) is 2.49. The zero-order valence-electron chi connectivity index (χ0n) is 11.4. The second-order valence-electron chi connectivity index (χ2n) is 5.11. The van der Waals surface area contributed by atoms with Crippen LogP contribution >= 0.6 is 0 Å². The molecular weight excluding hydrogens is 276 g/mol. The number of benzene rings is 1. The first-order valence-electron chi connectivity index (χ1n) is 6.74. The molecule has 2 aromatic rings. The van der Waals surface area contributed by atoms with E-state index in [0.29, 0.717) is 19.6 Å². The molecule has 1 saturated heterocycles. The highest BCUT2D eigenvalue weighted by molar-refractivity contribution is 7.87. The molecule has 20 heavy (non-hydrogen) atoms. The summed E-state index contributed by atoms with van der Waals surface area (Å²) >= 11 is 0. The van der Waals surface area contributed by atoms with E-state index in [1.807, 2.05) is 25.1 Å². The lowest BCUT2D eigenvalue weighted by Crippen LogP contribution is -2.38. The summed E-state index contributed by atoms with van der Waals surface area (Å²) in [4.78, 5) is 7.48. The molecule has 0 bridgehead atoms. The first-order chi connectivity index (χ1) is 9.54. The molecule has 3 rings (SSSR count). The van der Waals surface area contributed by atoms with Crippen molar-refractivity contribution in [1.82, 2.24) is 19.0 Å². The lowest BCUT2D eigenvalue weighted by atomic mass is 10.2. The molecule has 1 aliphatic rings. The molecule has 0 saturated carbocycles. The number of fused-ring (bicyclic) bond motifs is 1. The average molecular weight is 294 g/mol. The molecule has 6 nitrogen and oxygen atoms in total. The van der Waals surface area contributed by atoms with Crippen molar-refractivity contribution < 1.29 is 8.42 Å². The molecule has 2 heterocycles. The summed E-state index contributed by atoms with van der Waals surface area (Å²) in [5.74, 6) is 0.856. The number of nitrogens with one attached hydrogen (secondary N) is 2. The maximum atomic E-state index is 12.1. The van der Waals surface area contributed by atoms with Gasteiger partial charge in [-0.25, -0.2) is 4.98 Å². The number of aromatic amines is 1. The van der Waals surface area contributed by atoms with Crippen molar-refractivity contribution in [3.05, 3.63) is 29.6 Å². The Morgan fingerprint density at radius 2 is 2.10 bits per heavy atom. The minimum Gasteiger partial charge on any atom is -0.342 e. The van der Waals surface area contributed by atoms with Crippen molar-refractivity contribution in [2.24, 2.45) is 0 Å². The highest BCUT2D eigenvalue weighted by atomic mass is 32.2. The van der Waals surface area contributed by atoms with Gasteiger partial charge in [0.2, 0.25) is 0 Å². The van der Waals surface area contributed by atoms with E-state index in [9.17, 15) is 8.42 Å². The van der Waals surface area contributed by atoms with Gasteiger partial charge in [0.25, 0.3) is 10.2 Å². The molecule has 2 N–H and O–H groups in total. The van der Waals surface area contributed by atoms with Crippen LogP contribution < -0.4 is 4.72 Å². The summed E-state index contributed by atoms with van der Waals surface area (Å²) in [5.41, 5.74) is 2.75. The third-order valence-electron chi connectivity index (χ3n) is 3.53. The smallest absolute Gasteiger partial charge is 0.279 e. The van der Waals surface area contributed by atoms with Gasteiger partial charge in [0, 0.05) is 19.6 Å². The van der Waals surface area contributed by atoms with E-state index in [4.69, 9.17) is 0 Å². The summed E-state index contributed by atoms with van der Waals surface area (Å²) in [7, 11) is -3.35. The van der Waals surface area contributed by atoms with Crippen LogP contribution in [0.3, 0.4) is 0 Å². The molecule has 1 aliphatic heterocycles. The van der Waals surface area contributed by atoms with E-state index in [-0.39, 0.29) is 0 Å². The molecule has 0 amide bonds. The van der Waals surface area contributed by atoms with Gasteiger partial charge in [0.1, 0.15) is 5.82 Å². The Morgan fingerprint density at radius 1 is 1.35 bits per heavy atom. The monoisotopic (exact) mass is 294 g/mol. The normalized spacial score (nSPS) is 17.1. The Kier molecular flexibility index (Phi) is 3.49. The fourth-order valence-corrected chi connectivity index (χ4v) is 3.76. The number of aromatic nitrogens is 2. The van der Waals surface area contributed by atoms with Crippen LogP contribution in [0.25, 0.3) is 11.0 Å². The van der Waals surface area contributed by atoms with Gasteiger partial charge in [-0.05, 0) is 37.5 Å². The summed E-state index contributed by atoms with van der Waals surface area (Å²) in [6.07, 6.45) is 1.89. The maximum absolute atomic E-state index is 12.1. The number of hydrogen-bond donors (Lipinski definition) is 2. The van der Waals surface area contributed by atoms with Crippen LogP contribution in [0.5, 0.6) is 0 Å². The molecule has 1 fully saturated rings. The highest BCUT2D eigenvalue weighted by Gasteiger charge is 2.24.